The maximum Gasteiger partial charge on any atom is 0.129 e. The lowest BCUT2D eigenvalue weighted by atomic mass is 9.94. The highest BCUT2D eigenvalue weighted by atomic mass is 19.1. The van der Waals surface area contributed by atoms with Gasteiger partial charge in [0.15, 0.2) is 0 Å². The van der Waals surface area contributed by atoms with Crippen LogP contribution in [0.25, 0.3) is 0 Å². The van der Waals surface area contributed by atoms with Crippen molar-refractivity contribution >= 4 is 0 Å². The van der Waals surface area contributed by atoms with Crippen LogP contribution in [0.1, 0.15) is 30.9 Å². The molecule has 2 nitrogen and oxygen atoms in total. The number of halogens is 2. The summed E-state index contributed by atoms with van der Waals surface area (Å²) in [5.41, 5.74) is -1.13. The van der Waals surface area contributed by atoms with Crippen LogP contribution < -0.4 is 5.32 Å². The average Bonchev–Trinajstić information content (AvgIpc) is 3.04. The predicted octanol–water partition coefficient (Wildman–Crippen LogP) is 2.23. The summed E-state index contributed by atoms with van der Waals surface area (Å²) in [6.07, 6.45) is 2.17. The fourth-order valence-electron chi connectivity index (χ4n) is 1.78. The highest BCUT2D eigenvalue weighted by molar-refractivity contribution is 5.29. The minimum Gasteiger partial charge on any atom is -0.384 e. The summed E-state index contributed by atoms with van der Waals surface area (Å²) in [6.45, 7) is 3.23. The molecule has 2 rings (SSSR count). The van der Waals surface area contributed by atoms with Crippen LogP contribution in [-0.2, 0) is 5.60 Å². The van der Waals surface area contributed by atoms with Crippen molar-refractivity contribution in [3.63, 3.8) is 0 Å². The van der Waals surface area contributed by atoms with Gasteiger partial charge in [-0.2, -0.15) is 0 Å². The Morgan fingerprint density at radius 3 is 2.59 bits per heavy atom. The smallest absolute Gasteiger partial charge is 0.129 e. The highest BCUT2D eigenvalue weighted by Crippen LogP contribution is 2.27. The molecule has 17 heavy (non-hydrogen) atoms. The van der Waals surface area contributed by atoms with E-state index in [-0.39, 0.29) is 17.7 Å². The molecule has 0 saturated heterocycles. The summed E-state index contributed by atoms with van der Waals surface area (Å²) in [4.78, 5) is 0. The zero-order chi connectivity index (χ0) is 12.6. The van der Waals surface area contributed by atoms with E-state index >= 15 is 0 Å². The van der Waals surface area contributed by atoms with E-state index < -0.39 is 17.2 Å². The van der Waals surface area contributed by atoms with E-state index in [4.69, 9.17) is 0 Å². The number of aryl methyl sites for hydroxylation is 1. The number of aliphatic hydroxyl groups is 1. The van der Waals surface area contributed by atoms with Crippen molar-refractivity contribution in [3.05, 3.63) is 34.9 Å². The second-order valence-corrected chi connectivity index (χ2v) is 5.01. The minimum atomic E-state index is -1.39. The van der Waals surface area contributed by atoms with E-state index in [1.54, 1.807) is 0 Å². The van der Waals surface area contributed by atoms with Crippen molar-refractivity contribution in [3.8, 4) is 0 Å². The highest BCUT2D eigenvalue weighted by Gasteiger charge is 2.30. The maximum absolute atomic E-state index is 13.7. The number of benzene rings is 1. The quantitative estimate of drug-likeness (QED) is 0.847. The van der Waals surface area contributed by atoms with Crippen LogP contribution in [0.5, 0.6) is 0 Å². The van der Waals surface area contributed by atoms with Crippen molar-refractivity contribution in [1.29, 1.82) is 0 Å². The molecule has 1 saturated carbocycles. The number of rotatable bonds is 4. The second-order valence-electron chi connectivity index (χ2n) is 5.01. The van der Waals surface area contributed by atoms with Crippen molar-refractivity contribution in [2.24, 2.45) is 0 Å². The number of hydrogen-bond donors (Lipinski definition) is 2. The Morgan fingerprint density at radius 1 is 1.35 bits per heavy atom. The monoisotopic (exact) mass is 241 g/mol. The van der Waals surface area contributed by atoms with Gasteiger partial charge in [-0.05, 0) is 44.4 Å². The van der Waals surface area contributed by atoms with Crippen LogP contribution in [0.3, 0.4) is 0 Å². The van der Waals surface area contributed by atoms with Gasteiger partial charge in [-0.15, -0.1) is 0 Å². The lowest BCUT2D eigenvalue weighted by Gasteiger charge is -2.25. The van der Waals surface area contributed by atoms with Crippen LogP contribution in [0.15, 0.2) is 12.1 Å². The molecule has 1 atom stereocenters. The molecular formula is C13H17F2NO. The lowest BCUT2D eigenvalue weighted by Crippen LogP contribution is -2.37. The topological polar surface area (TPSA) is 32.3 Å². The third-order valence-corrected chi connectivity index (χ3v) is 3.14. The Morgan fingerprint density at radius 2 is 2.00 bits per heavy atom. The fraction of sp³-hybridized carbons (Fsp3) is 0.538. The molecule has 4 heteroatoms. The third kappa shape index (κ3) is 2.82. The van der Waals surface area contributed by atoms with Crippen LogP contribution >= 0.6 is 0 Å². The summed E-state index contributed by atoms with van der Waals surface area (Å²) >= 11 is 0. The van der Waals surface area contributed by atoms with Gasteiger partial charge < -0.3 is 10.4 Å². The van der Waals surface area contributed by atoms with Gasteiger partial charge in [0.2, 0.25) is 0 Å². The molecule has 0 heterocycles. The van der Waals surface area contributed by atoms with Crippen molar-refractivity contribution < 1.29 is 13.9 Å². The summed E-state index contributed by atoms with van der Waals surface area (Å²) in [7, 11) is 0. The molecule has 1 fully saturated rings. The molecule has 1 aromatic carbocycles. The molecule has 1 unspecified atom stereocenters. The van der Waals surface area contributed by atoms with E-state index in [0.717, 1.165) is 25.0 Å². The first kappa shape index (κ1) is 12.5. The fourth-order valence-corrected chi connectivity index (χ4v) is 1.78. The molecule has 0 bridgehead atoms. The molecule has 1 aliphatic carbocycles. The van der Waals surface area contributed by atoms with Crippen LogP contribution in [0, 0.1) is 18.6 Å². The standard InChI is InChI=1S/C13H17F2NO/c1-8-5-12(15)10(6-11(8)14)13(2,17)7-16-9-3-4-9/h5-6,9,16-17H,3-4,7H2,1-2H3. The van der Waals surface area contributed by atoms with E-state index in [0.29, 0.717) is 6.04 Å². The Hall–Kier alpha value is -1.00. The summed E-state index contributed by atoms with van der Waals surface area (Å²) in [6, 6.07) is 2.62. The maximum atomic E-state index is 13.7. The van der Waals surface area contributed by atoms with E-state index in [2.05, 4.69) is 5.32 Å². The Balaban J connectivity index is 2.20. The average molecular weight is 241 g/mol. The second kappa shape index (κ2) is 4.35. The summed E-state index contributed by atoms with van der Waals surface area (Å²) in [5.74, 6) is -1.06. The molecule has 1 aromatic rings. The van der Waals surface area contributed by atoms with Crippen molar-refractivity contribution in [1.82, 2.24) is 5.32 Å². The zero-order valence-corrected chi connectivity index (χ0v) is 10.1. The first-order valence-electron chi connectivity index (χ1n) is 5.82. The van der Waals surface area contributed by atoms with Crippen LogP contribution in [0.2, 0.25) is 0 Å². The first-order valence-corrected chi connectivity index (χ1v) is 5.82. The Labute approximate surface area is 99.7 Å². The van der Waals surface area contributed by atoms with Gasteiger partial charge in [0, 0.05) is 18.2 Å². The molecule has 0 aliphatic heterocycles. The molecule has 0 amide bonds. The molecule has 0 aromatic heterocycles. The molecule has 2 N–H and O–H groups in total. The van der Waals surface area contributed by atoms with E-state index in [1.165, 1.54) is 13.8 Å². The molecule has 94 valence electrons. The normalized spacial score (nSPS) is 19.1. The summed E-state index contributed by atoms with van der Waals surface area (Å²) < 4.78 is 27.1. The van der Waals surface area contributed by atoms with Gasteiger partial charge in [0.1, 0.15) is 17.2 Å². The van der Waals surface area contributed by atoms with Gasteiger partial charge in [-0.25, -0.2) is 8.78 Å². The SMILES string of the molecule is Cc1cc(F)c(C(C)(O)CNC2CC2)cc1F. The largest absolute Gasteiger partial charge is 0.384 e. The van der Waals surface area contributed by atoms with Crippen molar-refractivity contribution in [2.45, 2.75) is 38.3 Å². The molecular weight excluding hydrogens is 224 g/mol. The predicted molar refractivity (Wildman–Crippen MR) is 61.7 cm³/mol. The molecule has 1 aliphatic rings. The first-order chi connectivity index (χ1) is 7.90. The van der Waals surface area contributed by atoms with Crippen LogP contribution in [0.4, 0.5) is 8.78 Å². The minimum absolute atomic E-state index is 0.00810. The number of hydrogen-bond acceptors (Lipinski definition) is 2. The molecule has 0 spiro atoms. The molecule has 0 radical (unpaired) electrons. The van der Waals surface area contributed by atoms with Gasteiger partial charge in [0.05, 0.1) is 0 Å². The summed E-state index contributed by atoms with van der Waals surface area (Å²) in [5, 5.41) is 13.3. The lowest BCUT2D eigenvalue weighted by molar-refractivity contribution is 0.0525. The third-order valence-electron chi connectivity index (χ3n) is 3.14. The van der Waals surface area contributed by atoms with Crippen LogP contribution in [-0.4, -0.2) is 17.7 Å². The van der Waals surface area contributed by atoms with Gasteiger partial charge in [-0.1, -0.05) is 0 Å². The number of nitrogens with one attached hydrogen (secondary N) is 1. The van der Waals surface area contributed by atoms with E-state index in [1.807, 2.05) is 0 Å². The van der Waals surface area contributed by atoms with Gasteiger partial charge in [-0.3, -0.25) is 0 Å². The van der Waals surface area contributed by atoms with Gasteiger partial charge in [0.25, 0.3) is 0 Å². The Kier molecular flexibility index (Phi) is 3.19. The zero-order valence-electron chi connectivity index (χ0n) is 10.1. The Bertz CT molecular complexity index is 428. The van der Waals surface area contributed by atoms with Crippen molar-refractivity contribution in [2.75, 3.05) is 6.54 Å². The van der Waals surface area contributed by atoms with E-state index in [9.17, 15) is 13.9 Å². The van der Waals surface area contributed by atoms with Gasteiger partial charge >= 0.3 is 0 Å².